The SMILES string of the molecule is C=C(/C=C\CCC(C)C(=C)CC)c1ccc2c(c1)-c1ccccc1C2(C)C. The molecule has 1 aliphatic carbocycles. The first kappa shape index (κ1) is 19.4. The zero-order valence-electron chi connectivity index (χ0n) is 17.3. The summed E-state index contributed by atoms with van der Waals surface area (Å²) in [4.78, 5) is 0. The van der Waals surface area contributed by atoms with Crippen LogP contribution in [0.15, 0.2) is 73.3 Å². The van der Waals surface area contributed by atoms with Crippen molar-refractivity contribution in [2.24, 2.45) is 5.92 Å². The van der Waals surface area contributed by atoms with Gasteiger partial charge in [-0.15, -0.1) is 0 Å². The van der Waals surface area contributed by atoms with Crippen LogP contribution in [-0.4, -0.2) is 0 Å². The van der Waals surface area contributed by atoms with Gasteiger partial charge in [-0.25, -0.2) is 0 Å². The lowest BCUT2D eigenvalue weighted by Gasteiger charge is -2.21. The molecule has 1 aliphatic rings. The maximum absolute atomic E-state index is 4.31. The van der Waals surface area contributed by atoms with Crippen LogP contribution >= 0.6 is 0 Å². The van der Waals surface area contributed by atoms with Crippen LogP contribution in [0.5, 0.6) is 0 Å². The number of hydrogen-bond acceptors (Lipinski definition) is 0. The van der Waals surface area contributed by atoms with E-state index in [0.29, 0.717) is 5.92 Å². The van der Waals surface area contributed by atoms with Crippen molar-refractivity contribution in [1.82, 2.24) is 0 Å². The summed E-state index contributed by atoms with van der Waals surface area (Å²) >= 11 is 0. The average Bonchev–Trinajstić information content (AvgIpc) is 2.91. The summed E-state index contributed by atoms with van der Waals surface area (Å²) in [5.41, 5.74) is 9.27. The fraction of sp³-hybridized carbons (Fsp3) is 0.333. The van der Waals surface area contributed by atoms with Gasteiger partial charge in [0.2, 0.25) is 0 Å². The minimum absolute atomic E-state index is 0.0689. The van der Waals surface area contributed by atoms with Gasteiger partial charge < -0.3 is 0 Å². The van der Waals surface area contributed by atoms with Gasteiger partial charge in [0.25, 0.3) is 0 Å². The van der Waals surface area contributed by atoms with E-state index in [9.17, 15) is 0 Å². The molecule has 0 aromatic heterocycles. The number of fused-ring (bicyclic) bond motifs is 3. The highest BCUT2D eigenvalue weighted by molar-refractivity contribution is 5.84. The van der Waals surface area contributed by atoms with E-state index < -0.39 is 0 Å². The molecule has 0 aliphatic heterocycles. The molecular weight excluding hydrogens is 324 g/mol. The highest BCUT2D eigenvalue weighted by atomic mass is 14.4. The van der Waals surface area contributed by atoms with Crippen LogP contribution in [0.25, 0.3) is 16.7 Å². The van der Waals surface area contributed by atoms with Crippen molar-refractivity contribution in [3.8, 4) is 11.1 Å². The van der Waals surface area contributed by atoms with Crippen molar-refractivity contribution in [3.63, 3.8) is 0 Å². The fourth-order valence-corrected chi connectivity index (χ4v) is 4.14. The minimum atomic E-state index is 0.0689. The zero-order valence-corrected chi connectivity index (χ0v) is 17.3. The van der Waals surface area contributed by atoms with Gasteiger partial charge in [0.05, 0.1) is 0 Å². The monoisotopic (exact) mass is 356 g/mol. The van der Waals surface area contributed by atoms with Crippen molar-refractivity contribution in [2.45, 2.75) is 52.4 Å². The molecule has 0 amide bonds. The molecule has 0 N–H and O–H groups in total. The van der Waals surface area contributed by atoms with Crippen LogP contribution in [-0.2, 0) is 5.41 Å². The molecule has 27 heavy (non-hydrogen) atoms. The average molecular weight is 357 g/mol. The first-order valence-electron chi connectivity index (χ1n) is 10.1. The van der Waals surface area contributed by atoms with E-state index in [-0.39, 0.29) is 5.41 Å². The third kappa shape index (κ3) is 3.72. The molecule has 2 aromatic rings. The Balaban J connectivity index is 1.76. The lowest BCUT2D eigenvalue weighted by Crippen LogP contribution is -2.14. The van der Waals surface area contributed by atoms with Gasteiger partial charge in [0, 0.05) is 5.41 Å². The van der Waals surface area contributed by atoms with E-state index in [2.05, 4.69) is 95.5 Å². The molecule has 0 bridgehead atoms. The largest absolute Gasteiger partial charge is 0.0996 e. The molecule has 1 unspecified atom stereocenters. The highest BCUT2D eigenvalue weighted by Crippen LogP contribution is 2.48. The first-order chi connectivity index (χ1) is 12.9. The van der Waals surface area contributed by atoms with E-state index in [4.69, 9.17) is 0 Å². The predicted molar refractivity (Wildman–Crippen MR) is 120 cm³/mol. The van der Waals surface area contributed by atoms with Gasteiger partial charge in [-0.1, -0.05) is 95.0 Å². The Labute approximate surface area is 165 Å². The first-order valence-corrected chi connectivity index (χ1v) is 10.1. The van der Waals surface area contributed by atoms with E-state index in [0.717, 1.165) is 24.8 Å². The summed E-state index contributed by atoms with van der Waals surface area (Å²) < 4.78 is 0. The molecule has 0 fully saturated rings. The molecule has 3 rings (SSSR count). The Morgan fingerprint density at radius 1 is 1.04 bits per heavy atom. The van der Waals surface area contributed by atoms with Gasteiger partial charge >= 0.3 is 0 Å². The predicted octanol–water partition coefficient (Wildman–Crippen LogP) is 7.94. The van der Waals surface area contributed by atoms with Gasteiger partial charge in [-0.05, 0) is 64.6 Å². The van der Waals surface area contributed by atoms with Crippen molar-refractivity contribution >= 4 is 5.57 Å². The normalized spacial score (nSPS) is 15.4. The Bertz CT molecular complexity index is 892. The molecular formula is C27H32. The molecule has 2 aromatic carbocycles. The van der Waals surface area contributed by atoms with Crippen LogP contribution < -0.4 is 0 Å². The summed E-state index contributed by atoms with van der Waals surface area (Å²) in [5, 5.41) is 0. The van der Waals surface area contributed by atoms with Crippen molar-refractivity contribution < 1.29 is 0 Å². The van der Waals surface area contributed by atoms with Crippen LogP contribution in [0.2, 0.25) is 0 Å². The van der Waals surface area contributed by atoms with Crippen molar-refractivity contribution in [2.75, 3.05) is 0 Å². The van der Waals surface area contributed by atoms with Crippen LogP contribution in [0.3, 0.4) is 0 Å². The number of allylic oxidation sites excluding steroid dienone is 4. The van der Waals surface area contributed by atoms with Crippen LogP contribution in [0, 0.1) is 5.92 Å². The number of hydrogen-bond donors (Lipinski definition) is 0. The quantitative estimate of drug-likeness (QED) is 0.349. The zero-order chi connectivity index (χ0) is 19.6. The molecule has 140 valence electrons. The molecule has 0 saturated heterocycles. The van der Waals surface area contributed by atoms with E-state index >= 15 is 0 Å². The van der Waals surface area contributed by atoms with Gasteiger partial charge in [0.1, 0.15) is 0 Å². The number of benzene rings is 2. The third-order valence-electron chi connectivity index (χ3n) is 6.19. The van der Waals surface area contributed by atoms with Crippen molar-refractivity contribution in [1.29, 1.82) is 0 Å². The summed E-state index contributed by atoms with van der Waals surface area (Å²) in [5.74, 6) is 0.589. The number of rotatable bonds is 7. The van der Waals surface area contributed by atoms with Gasteiger partial charge in [0.15, 0.2) is 0 Å². The third-order valence-corrected chi connectivity index (χ3v) is 6.19. The van der Waals surface area contributed by atoms with Gasteiger partial charge in [-0.2, -0.15) is 0 Å². The Hall–Kier alpha value is -2.34. The summed E-state index contributed by atoms with van der Waals surface area (Å²) in [6.45, 7) is 17.6. The maximum Gasteiger partial charge on any atom is 0.0158 e. The standard InChI is InChI=1S/C27H32/c1-7-19(2)20(3)12-8-9-13-21(4)22-16-17-26-24(18-22)23-14-10-11-15-25(23)27(26,5)6/h9-11,13-18,20H,2,4,7-8,12H2,1,3,5-6H3/b13-9-. The smallest absolute Gasteiger partial charge is 0.0158 e. The Morgan fingerprint density at radius 3 is 2.48 bits per heavy atom. The highest BCUT2D eigenvalue weighted by Gasteiger charge is 2.34. The second-order valence-corrected chi connectivity index (χ2v) is 8.35. The Kier molecular flexibility index (Phi) is 5.56. The molecule has 0 heteroatoms. The van der Waals surface area contributed by atoms with Crippen LogP contribution in [0.1, 0.15) is 63.6 Å². The van der Waals surface area contributed by atoms with Crippen LogP contribution in [0.4, 0.5) is 0 Å². The van der Waals surface area contributed by atoms with E-state index in [1.165, 1.54) is 33.4 Å². The Morgan fingerprint density at radius 2 is 1.74 bits per heavy atom. The van der Waals surface area contributed by atoms with Gasteiger partial charge in [-0.3, -0.25) is 0 Å². The lowest BCUT2D eigenvalue weighted by atomic mass is 9.82. The van der Waals surface area contributed by atoms with Crippen molar-refractivity contribution in [3.05, 3.63) is 90.0 Å². The molecule has 0 radical (unpaired) electrons. The molecule has 0 saturated carbocycles. The maximum atomic E-state index is 4.31. The fourth-order valence-electron chi connectivity index (χ4n) is 4.14. The second-order valence-electron chi connectivity index (χ2n) is 8.35. The van der Waals surface area contributed by atoms with E-state index in [1.807, 2.05) is 0 Å². The van der Waals surface area contributed by atoms with E-state index in [1.54, 1.807) is 0 Å². The molecule has 0 spiro atoms. The molecule has 0 heterocycles. The molecule has 1 atom stereocenters. The summed E-state index contributed by atoms with van der Waals surface area (Å²) in [7, 11) is 0. The lowest BCUT2D eigenvalue weighted by molar-refractivity contribution is 0.606. The molecule has 0 nitrogen and oxygen atoms in total. The summed E-state index contributed by atoms with van der Waals surface area (Å²) in [6.07, 6.45) is 7.73. The second kappa shape index (κ2) is 7.72. The summed E-state index contributed by atoms with van der Waals surface area (Å²) in [6, 6.07) is 15.6. The minimum Gasteiger partial charge on any atom is -0.0996 e. The topological polar surface area (TPSA) is 0 Å².